The second-order valence-electron chi connectivity index (χ2n) is 19.1. The van der Waals surface area contributed by atoms with E-state index in [0.717, 1.165) is 34.0 Å². The second kappa shape index (κ2) is 23.8. The highest BCUT2D eigenvalue weighted by atomic mass is 32.1. The number of pyridine rings is 1. The van der Waals surface area contributed by atoms with Crippen LogP contribution in [-0.2, 0) is 16.1 Å². The molecule has 9 heterocycles. The molecule has 6 amide bonds. The summed E-state index contributed by atoms with van der Waals surface area (Å²) >= 11 is 6.94. The Kier molecular flexibility index (Phi) is 16.7. The smallest absolute Gasteiger partial charge is 0.391 e. The van der Waals surface area contributed by atoms with Crippen molar-refractivity contribution in [3.8, 4) is 43.4 Å². The molecule has 8 N–H and O–H groups in total. The molecule has 1 aliphatic carbocycles. The van der Waals surface area contributed by atoms with Crippen LogP contribution in [0.25, 0.3) is 49.1 Å². The number of rotatable bonds is 12. The molecule has 82 heavy (non-hydrogen) atoms. The number of aromatic nitrogens is 9. The first-order valence-electron chi connectivity index (χ1n) is 25.1. The summed E-state index contributed by atoms with van der Waals surface area (Å²) in [5.41, 5.74) is 1.06. The van der Waals surface area contributed by atoms with Crippen LogP contribution in [0.15, 0.2) is 62.9 Å². The number of amides is 6. The van der Waals surface area contributed by atoms with Gasteiger partial charge in [0.15, 0.2) is 0 Å². The van der Waals surface area contributed by atoms with Gasteiger partial charge < -0.3 is 52.2 Å². The van der Waals surface area contributed by atoms with Gasteiger partial charge in [0.05, 0.1) is 36.2 Å². The molecule has 0 unspecified atom stereocenters. The number of imidazole rings is 1. The zero-order valence-electron chi connectivity index (χ0n) is 43.7. The number of aliphatic hydroxyl groups excluding tert-OH is 2. The number of nitro groups is 1. The number of thiazole rings is 6. The van der Waals surface area contributed by atoms with Gasteiger partial charge >= 0.3 is 5.95 Å². The van der Waals surface area contributed by atoms with Gasteiger partial charge in [-0.25, -0.2) is 39.5 Å². The second-order valence-corrected chi connectivity index (χ2v) is 24.3. The van der Waals surface area contributed by atoms with E-state index in [1.54, 1.807) is 46.7 Å². The van der Waals surface area contributed by atoms with Gasteiger partial charge in [0.25, 0.3) is 23.6 Å². The lowest BCUT2D eigenvalue weighted by Crippen LogP contribution is -2.52. The summed E-state index contributed by atoms with van der Waals surface area (Å²) in [6.07, 6.45) is 2.58. The van der Waals surface area contributed by atoms with Crippen molar-refractivity contribution >= 4 is 115 Å². The van der Waals surface area contributed by atoms with Crippen LogP contribution in [-0.4, -0.2) is 125 Å². The normalized spacial score (nSPS) is 18.6. The summed E-state index contributed by atoms with van der Waals surface area (Å²) in [5, 5.41) is 61.7. The Hall–Kier alpha value is -7.98. The molecule has 0 saturated heterocycles. The molecular formula is C50H48N16O10S6. The van der Waals surface area contributed by atoms with E-state index in [1.165, 1.54) is 75.6 Å². The Morgan fingerprint density at radius 2 is 1.28 bits per heavy atom. The molecular weight excluding hydrogens is 1180 g/mol. The quantitative estimate of drug-likeness (QED) is 0.0543. The monoisotopic (exact) mass is 1220 g/mol. The molecule has 5 atom stereocenters. The zero-order valence-corrected chi connectivity index (χ0v) is 48.6. The first kappa shape index (κ1) is 57.3. The van der Waals surface area contributed by atoms with Crippen LogP contribution in [0.5, 0.6) is 0 Å². The predicted octanol–water partition coefficient (Wildman–Crippen LogP) is 5.62. The molecule has 32 heteroatoms. The molecule has 8 aromatic heterocycles. The van der Waals surface area contributed by atoms with Crippen molar-refractivity contribution in [2.45, 2.75) is 89.9 Å². The molecule has 1 fully saturated rings. The van der Waals surface area contributed by atoms with Crippen LogP contribution in [0.4, 0.5) is 5.95 Å². The molecule has 0 radical (unpaired) electrons. The van der Waals surface area contributed by atoms with E-state index in [0.29, 0.717) is 66.2 Å². The molecule has 8 aromatic rings. The maximum Gasteiger partial charge on any atom is 0.434 e. The molecule has 26 nitrogen and oxygen atoms in total. The number of carbonyl (C=O) groups is 6. The van der Waals surface area contributed by atoms with Gasteiger partial charge in [-0.15, -0.1) is 68.0 Å². The van der Waals surface area contributed by atoms with Crippen molar-refractivity contribution in [3.05, 3.63) is 111 Å². The van der Waals surface area contributed by atoms with Crippen molar-refractivity contribution in [2.24, 2.45) is 5.92 Å². The zero-order chi connectivity index (χ0) is 58.1. The van der Waals surface area contributed by atoms with Crippen molar-refractivity contribution in [1.29, 1.82) is 0 Å². The minimum atomic E-state index is -1.46. The molecule has 8 bridgehead atoms. The largest absolute Gasteiger partial charge is 0.434 e. The average molecular weight is 1230 g/mol. The van der Waals surface area contributed by atoms with Gasteiger partial charge in [0.2, 0.25) is 11.8 Å². The van der Waals surface area contributed by atoms with E-state index in [2.05, 4.69) is 56.8 Å². The highest BCUT2D eigenvalue weighted by molar-refractivity contribution is 7.15. The molecule has 2 aliphatic rings. The van der Waals surface area contributed by atoms with Crippen LogP contribution in [0, 0.1) is 16.0 Å². The van der Waals surface area contributed by atoms with Gasteiger partial charge in [0.1, 0.15) is 99.9 Å². The van der Waals surface area contributed by atoms with Crippen molar-refractivity contribution in [2.75, 3.05) is 6.54 Å². The van der Waals surface area contributed by atoms with Crippen LogP contribution in [0.2, 0.25) is 0 Å². The number of nitrogens with one attached hydrogen (secondary N) is 6. The van der Waals surface area contributed by atoms with E-state index in [9.17, 15) is 49.1 Å². The van der Waals surface area contributed by atoms with E-state index >= 15 is 0 Å². The first-order chi connectivity index (χ1) is 39.3. The molecule has 424 valence electrons. The molecule has 1 aliphatic heterocycles. The molecule has 1 saturated carbocycles. The topological polar surface area (TPSA) is 366 Å². The van der Waals surface area contributed by atoms with Crippen molar-refractivity contribution in [1.82, 2.24) is 76.3 Å². The van der Waals surface area contributed by atoms with Gasteiger partial charge in [-0.3, -0.25) is 28.8 Å². The van der Waals surface area contributed by atoms with E-state index in [1.807, 2.05) is 13.8 Å². The molecule has 0 spiro atoms. The number of hydrogen-bond donors (Lipinski definition) is 8. The van der Waals surface area contributed by atoms with E-state index < -0.39 is 76.2 Å². The van der Waals surface area contributed by atoms with Gasteiger partial charge in [-0.05, 0) is 56.6 Å². The highest BCUT2D eigenvalue weighted by Gasteiger charge is 2.51. The number of aliphatic hydroxyl groups is 2. The van der Waals surface area contributed by atoms with Crippen molar-refractivity contribution in [3.63, 3.8) is 0 Å². The molecule has 0 aromatic carbocycles. The van der Waals surface area contributed by atoms with E-state index in [-0.39, 0.29) is 58.4 Å². The van der Waals surface area contributed by atoms with Crippen LogP contribution >= 0.6 is 68.0 Å². The maximum atomic E-state index is 13.9. The number of fused-ring (bicyclic) bond motifs is 11. The Morgan fingerprint density at radius 3 is 1.95 bits per heavy atom. The lowest BCUT2D eigenvalue weighted by atomic mass is 10.1. The molecule has 10 rings (SSSR count). The SMILES string of the molecule is C/C=C1\NC(=O)[C@H]([C@@H](C)O)NC(=O)c2csc(n2)-c2ccc(-c3nc(-c4nc(C(=O)NC5(C(=O)NCCn6ccnc6[N+](=O)[O-])CC5)cs4)cs3)nc2-c2csc(n2)[C@H]([C@@H](C)O)NC(=O)c2csc(n2)[C@H](C(C)C)NC(=O)c2csc1n2. The van der Waals surface area contributed by atoms with Crippen LogP contribution in [0.1, 0.15) is 117 Å². The van der Waals surface area contributed by atoms with E-state index in [4.69, 9.17) is 15.0 Å². The standard InChI is InChI=1S/C50H48N16O10S6/c1-6-25-43-57-29(17-78-43)37(69)61-33(21(2)3)46-59-30(18-82-46)39(71)63-35(23(5)68)47-55-27(15-81-47)36-24(42-56-28(16-77-42)38(70)62-34(22(4)67)41(73)54-25)7-8-26(53-36)44-60-32(20-80-44)45-58-31(19-79-45)40(72)64-50(9-10-50)48(74)51-11-13-65-14-12-52-49(65)66(75)76/h6-8,12,14-23,33-35,67-68H,9-11,13H2,1-5H3,(H,51,74)(H,54,73)(H,61,69)(H,62,70)(H,63,71)(H,64,72)/b25-6-/t22-,23-,33+,34+,35+/m1/s1. The van der Waals surface area contributed by atoms with Gasteiger partial charge in [-0.2, -0.15) is 0 Å². The minimum Gasteiger partial charge on any atom is -0.391 e. The third-order valence-corrected chi connectivity index (χ3v) is 18.2. The summed E-state index contributed by atoms with van der Waals surface area (Å²) in [4.78, 5) is 129. The van der Waals surface area contributed by atoms with Gasteiger partial charge in [0, 0.05) is 44.4 Å². The lowest BCUT2D eigenvalue weighted by Gasteiger charge is -2.21. The van der Waals surface area contributed by atoms with Crippen molar-refractivity contribution < 1.29 is 43.9 Å². The fraction of sp³-hybridized carbons (Fsp3) is 0.320. The summed E-state index contributed by atoms with van der Waals surface area (Å²) in [5.74, 6) is -4.19. The summed E-state index contributed by atoms with van der Waals surface area (Å²) in [7, 11) is 0. The predicted molar refractivity (Wildman–Crippen MR) is 306 cm³/mol. The van der Waals surface area contributed by atoms with Crippen LogP contribution < -0.4 is 31.9 Å². The fourth-order valence-corrected chi connectivity index (χ4v) is 13.6. The Morgan fingerprint density at radius 1 is 0.720 bits per heavy atom. The third-order valence-electron chi connectivity index (χ3n) is 12.9. The number of nitrogens with zero attached hydrogens (tertiary/aromatic N) is 10. The Balaban J connectivity index is 0.937. The minimum absolute atomic E-state index is 0.0490. The average Bonchev–Trinajstić information content (AvgIpc) is 3.92. The van der Waals surface area contributed by atoms with Gasteiger partial charge in [-0.1, -0.05) is 24.9 Å². The van der Waals surface area contributed by atoms with Crippen LogP contribution in [0.3, 0.4) is 0 Å². The fourth-order valence-electron chi connectivity index (χ4n) is 8.34. The first-order valence-corrected chi connectivity index (χ1v) is 30.4. The summed E-state index contributed by atoms with van der Waals surface area (Å²) in [6.45, 7) is 8.46. The summed E-state index contributed by atoms with van der Waals surface area (Å²) < 4.78 is 1.30. The number of hydrogen-bond acceptors (Lipinski definition) is 24. The summed E-state index contributed by atoms with van der Waals surface area (Å²) in [6, 6.07) is 0.326. The number of carbonyl (C=O) groups excluding carboxylic acids is 6. The Bertz CT molecular complexity index is 3810. The number of allylic oxidation sites excluding steroid dienone is 1. The maximum absolute atomic E-state index is 13.9. The lowest BCUT2D eigenvalue weighted by molar-refractivity contribution is -0.396. The third kappa shape index (κ3) is 12.1. The Labute approximate surface area is 488 Å². The highest BCUT2D eigenvalue weighted by Crippen LogP contribution is 2.39.